The van der Waals surface area contributed by atoms with E-state index in [0.29, 0.717) is 24.2 Å². The van der Waals surface area contributed by atoms with Gasteiger partial charge in [0.25, 0.3) is 0 Å². The maximum Gasteiger partial charge on any atom is 0.222 e. The first-order valence-electron chi connectivity index (χ1n) is 5.11. The van der Waals surface area contributed by atoms with Crippen LogP contribution in [0.2, 0.25) is 0 Å². The van der Waals surface area contributed by atoms with E-state index in [0.717, 1.165) is 32.7 Å². The first kappa shape index (κ1) is 9.00. The van der Waals surface area contributed by atoms with Gasteiger partial charge >= 0.3 is 0 Å². The minimum Gasteiger partial charge on any atom is -0.381 e. The lowest BCUT2D eigenvalue weighted by atomic mass is 9.99. The first-order chi connectivity index (χ1) is 6.25. The number of carbonyl (C=O) groups is 1. The average molecular weight is 183 g/mol. The standard InChI is InChI=1S/C10H17NO2/c1-8-5-11(6-8)10(12)4-9-2-3-13-7-9/h8-9H,2-7H2,1H3/t9-/m1/s1. The van der Waals surface area contributed by atoms with Crippen LogP contribution in [0, 0.1) is 11.8 Å². The van der Waals surface area contributed by atoms with Crippen molar-refractivity contribution in [1.82, 2.24) is 4.90 Å². The fourth-order valence-corrected chi connectivity index (χ4v) is 2.02. The molecule has 2 aliphatic rings. The molecule has 74 valence electrons. The molecule has 3 heteroatoms. The topological polar surface area (TPSA) is 29.5 Å². The molecule has 0 aromatic heterocycles. The third-order valence-corrected chi connectivity index (χ3v) is 2.90. The highest BCUT2D eigenvalue weighted by Crippen LogP contribution is 2.21. The Hall–Kier alpha value is -0.570. The molecule has 2 fully saturated rings. The number of amides is 1. The van der Waals surface area contributed by atoms with Gasteiger partial charge in [0.05, 0.1) is 0 Å². The Morgan fingerprint density at radius 3 is 2.85 bits per heavy atom. The van der Waals surface area contributed by atoms with Crippen molar-refractivity contribution in [3.63, 3.8) is 0 Å². The Bertz CT molecular complexity index is 193. The van der Waals surface area contributed by atoms with Gasteiger partial charge in [-0.2, -0.15) is 0 Å². The number of ether oxygens (including phenoxy) is 1. The largest absolute Gasteiger partial charge is 0.381 e. The lowest BCUT2D eigenvalue weighted by molar-refractivity contribution is -0.138. The van der Waals surface area contributed by atoms with E-state index >= 15 is 0 Å². The summed E-state index contributed by atoms with van der Waals surface area (Å²) in [6.07, 6.45) is 1.77. The lowest BCUT2D eigenvalue weighted by Crippen LogP contribution is -2.49. The molecule has 2 aliphatic heterocycles. The quantitative estimate of drug-likeness (QED) is 0.636. The molecule has 0 aromatic carbocycles. The van der Waals surface area contributed by atoms with Crippen molar-refractivity contribution in [3.05, 3.63) is 0 Å². The number of hydrogen-bond donors (Lipinski definition) is 0. The van der Waals surface area contributed by atoms with Gasteiger partial charge in [0.2, 0.25) is 5.91 Å². The molecule has 2 rings (SSSR count). The van der Waals surface area contributed by atoms with Gasteiger partial charge in [0, 0.05) is 32.7 Å². The maximum absolute atomic E-state index is 11.6. The van der Waals surface area contributed by atoms with Crippen LogP contribution in [0.25, 0.3) is 0 Å². The van der Waals surface area contributed by atoms with Gasteiger partial charge in [-0.25, -0.2) is 0 Å². The number of rotatable bonds is 2. The summed E-state index contributed by atoms with van der Waals surface area (Å²) in [6.45, 7) is 5.74. The van der Waals surface area contributed by atoms with E-state index in [9.17, 15) is 4.79 Å². The summed E-state index contributed by atoms with van der Waals surface area (Å²) < 4.78 is 5.24. The van der Waals surface area contributed by atoms with Gasteiger partial charge in [0.15, 0.2) is 0 Å². The molecule has 1 amide bonds. The molecular weight excluding hydrogens is 166 g/mol. The molecule has 0 spiro atoms. The van der Waals surface area contributed by atoms with Crippen molar-refractivity contribution in [1.29, 1.82) is 0 Å². The highest BCUT2D eigenvalue weighted by atomic mass is 16.5. The van der Waals surface area contributed by atoms with Crippen LogP contribution in [-0.4, -0.2) is 37.1 Å². The number of carbonyl (C=O) groups excluding carboxylic acids is 1. The molecule has 1 atom stereocenters. The predicted molar refractivity (Wildman–Crippen MR) is 49.3 cm³/mol. The van der Waals surface area contributed by atoms with Gasteiger partial charge in [-0.15, -0.1) is 0 Å². The molecule has 0 aliphatic carbocycles. The normalized spacial score (nSPS) is 29.0. The monoisotopic (exact) mass is 183 g/mol. The van der Waals surface area contributed by atoms with Crippen molar-refractivity contribution in [2.45, 2.75) is 19.8 Å². The van der Waals surface area contributed by atoms with Crippen LogP contribution in [-0.2, 0) is 9.53 Å². The second-order valence-electron chi connectivity index (χ2n) is 4.34. The highest BCUT2D eigenvalue weighted by Gasteiger charge is 2.29. The molecule has 2 heterocycles. The van der Waals surface area contributed by atoms with Gasteiger partial charge in [-0.1, -0.05) is 6.92 Å². The third kappa shape index (κ3) is 2.02. The van der Waals surface area contributed by atoms with Gasteiger partial charge in [-0.3, -0.25) is 4.79 Å². The molecule has 0 N–H and O–H groups in total. The second kappa shape index (κ2) is 3.66. The molecule has 0 bridgehead atoms. The Kier molecular flexibility index (Phi) is 2.54. The van der Waals surface area contributed by atoms with Gasteiger partial charge in [0.1, 0.15) is 0 Å². The molecular formula is C10H17NO2. The fourth-order valence-electron chi connectivity index (χ4n) is 2.02. The van der Waals surface area contributed by atoms with Crippen LogP contribution in [0.1, 0.15) is 19.8 Å². The predicted octanol–water partition coefficient (Wildman–Crippen LogP) is 0.891. The summed E-state index contributed by atoms with van der Waals surface area (Å²) in [5.41, 5.74) is 0. The first-order valence-corrected chi connectivity index (χ1v) is 5.11. The SMILES string of the molecule is CC1CN(C(=O)C[C@H]2CCOC2)C1. The Morgan fingerprint density at radius 2 is 2.31 bits per heavy atom. The molecule has 3 nitrogen and oxygen atoms in total. The summed E-state index contributed by atoms with van der Waals surface area (Å²) in [6, 6.07) is 0. The van der Waals surface area contributed by atoms with Crippen molar-refractivity contribution < 1.29 is 9.53 Å². The van der Waals surface area contributed by atoms with Crippen LogP contribution in [0.3, 0.4) is 0 Å². The smallest absolute Gasteiger partial charge is 0.222 e. The Balaban J connectivity index is 1.72. The molecule has 2 saturated heterocycles. The lowest BCUT2D eigenvalue weighted by Gasteiger charge is -2.37. The molecule has 0 radical (unpaired) electrons. The third-order valence-electron chi connectivity index (χ3n) is 2.90. The fraction of sp³-hybridized carbons (Fsp3) is 0.900. The minimum absolute atomic E-state index is 0.327. The minimum atomic E-state index is 0.327. The summed E-state index contributed by atoms with van der Waals surface area (Å²) in [7, 11) is 0. The van der Waals surface area contributed by atoms with Crippen LogP contribution >= 0.6 is 0 Å². The second-order valence-corrected chi connectivity index (χ2v) is 4.34. The van der Waals surface area contributed by atoms with E-state index in [1.54, 1.807) is 0 Å². The number of likely N-dealkylation sites (tertiary alicyclic amines) is 1. The van der Waals surface area contributed by atoms with E-state index < -0.39 is 0 Å². The molecule has 13 heavy (non-hydrogen) atoms. The zero-order valence-electron chi connectivity index (χ0n) is 8.16. The van der Waals surface area contributed by atoms with Crippen LogP contribution in [0.4, 0.5) is 0 Å². The summed E-state index contributed by atoms with van der Waals surface area (Å²) in [4.78, 5) is 13.6. The average Bonchev–Trinajstić information content (AvgIpc) is 2.51. The zero-order chi connectivity index (χ0) is 9.26. The maximum atomic E-state index is 11.6. The van der Waals surface area contributed by atoms with E-state index in [2.05, 4.69) is 6.92 Å². The highest BCUT2D eigenvalue weighted by molar-refractivity contribution is 5.77. The molecule has 0 unspecified atom stereocenters. The van der Waals surface area contributed by atoms with Crippen molar-refractivity contribution in [2.24, 2.45) is 11.8 Å². The zero-order valence-corrected chi connectivity index (χ0v) is 8.16. The van der Waals surface area contributed by atoms with Crippen molar-refractivity contribution >= 4 is 5.91 Å². The number of nitrogens with zero attached hydrogens (tertiary/aromatic N) is 1. The Labute approximate surface area is 79.0 Å². The van der Waals surface area contributed by atoms with Crippen molar-refractivity contribution in [3.8, 4) is 0 Å². The van der Waals surface area contributed by atoms with Gasteiger partial charge < -0.3 is 9.64 Å². The van der Waals surface area contributed by atoms with E-state index in [-0.39, 0.29) is 0 Å². The van der Waals surface area contributed by atoms with Gasteiger partial charge in [-0.05, 0) is 18.3 Å². The van der Waals surface area contributed by atoms with E-state index in [1.165, 1.54) is 0 Å². The molecule has 0 saturated carbocycles. The summed E-state index contributed by atoms with van der Waals surface area (Å²) in [5, 5.41) is 0. The van der Waals surface area contributed by atoms with Crippen LogP contribution in [0.15, 0.2) is 0 Å². The van der Waals surface area contributed by atoms with Crippen molar-refractivity contribution in [2.75, 3.05) is 26.3 Å². The number of hydrogen-bond acceptors (Lipinski definition) is 2. The van der Waals surface area contributed by atoms with Crippen LogP contribution < -0.4 is 0 Å². The van der Waals surface area contributed by atoms with E-state index in [4.69, 9.17) is 4.74 Å². The summed E-state index contributed by atoms with van der Waals surface area (Å²) >= 11 is 0. The Morgan fingerprint density at radius 1 is 1.54 bits per heavy atom. The summed E-state index contributed by atoms with van der Waals surface area (Å²) in [5.74, 6) is 1.53. The van der Waals surface area contributed by atoms with Crippen LogP contribution in [0.5, 0.6) is 0 Å². The van der Waals surface area contributed by atoms with E-state index in [1.807, 2.05) is 4.90 Å². The molecule has 0 aromatic rings.